The number of carbonyl (C=O) groups is 3. The summed E-state index contributed by atoms with van der Waals surface area (Å²) in [5.41, 5.74) is 0.545. The third-order valence-electron chi connectivity index (χ3n) is 3.89. The number of halogens is 2. The standard InChI is InChI=1S/C20H14Br2N2O5/c1-2-7-29-17-15(21)9-11(10-16(17)22)8-14-18(26)23-20(28)24(19(14)27)12-3-5-13(25)6-4-12/h2-6,8-10,25H,1,7H2,(H,23,26,28)/b14-8+. The highest BCUT2D eigenvalue weighted by atomic mass is 79.9. The van der Waals surface area contributed by atoms with Crippen molar-refractivity contribution in [2.45, 2.75) is 0 Å². The van der Waals surface area contributed by atoms with Crippen LogP contribution in [0.1, 0.15) is 5.56 Å². The van der Waals surface area contributed by atoms with Gasteiger partial charge in [0.2, 0.25) is 0 Å². The fraction of sp³-hybridized carbons (Fsp3) is 0.0500. The summed E-state index contributed by atoms with van der Waals surface area (Å²) in [4.78, 5) is 38.2. The molecular weight excluding hydrogens is 508 g/mol. The van der Waals surface area contributed by atoms with Crippen molar-refractivity contribution in [1.29, 1.82) is 0 Å². The molecule has 0 atom stereocenters. The molecule has 1 fully saturated rings. The Kier molecular flexibility index (Phi) is 6.19. The second-order valence-electron chi connectivity index (χ2n) is 5.89. The molecule has 2 aromatic carbocycles. The van der Waals surface area contributed by atoms with Crippen LogP contribution < -0.4 is 15.0 Å². The molecule has 7 nitrogen and oxygen atoms in total. The molecule has 2 N–H and O–H groups in total. The number of imide groups is 2. The summed E-state index contributed by atoms with van der Waals surface area (Å²) in [6, 6.07) is 7.98. The first kappa shape index (κ1) is 20.8. The maximum absolute atomic E-state index is 12.9. The molecule has 0 saturated carbocycles. The lowest BCUT2D eigenvalue weighted by Crippen LogP contribution is -2.54. The fourth-order valence-corrected chi connectivity index (χ4v) is 4.05. The molecule has 29 heavy (non-hydrogen) atoms. The minimum absolute atomic E-state index is 0.0149. The first-order valence-electron chi connectivity index (χ1n) is 8.25. The summed E-state index contributed by atoms with van der Waals surface area (Å²) in [5.74, 6) is -1.04. The van der Waals surface area contributed by atoms with E-state index in [9.17, 15) is 19.5 Å². The van der Waals surface area contributed by atoms with Crippen LogP contribution in [-0.4, -0.2) is 29.6 Å². The summed E-state index contributed by atoms with van der Waals surface area (Å²) < 4.78 is 6.76. The molecular formula is C20H14Br2N2O5. The van der Waals surface area contributed by atoms with Crippen LogP contribution in [0.25, 0.3) is 6.08 Å². The van der Waals surface area contributed by atoms with E-state index < -0.39 is 17.8 Å². The molecule has 0 spiro atoms. The fourth-order valence-electron chi connectivity index (χ4n) is 2.60. The van der Waals surface area contributed by atoms with Crippen molar-refractivity contribution in [2.24, 2.45) is 0 Å². The first-order chi connectivity index (χ1) is 13.8. The lowest BCUT2D eigenvalue weighted by molar-refractivity contribution is -0.122. The first-order valence-corrected chi connectivity index (χ1v) is 9.83. The van der Waals surface area contributed by atoms with Crippen molar-refractivity contribution in [1.82, 2.24) is 5.32 Å². The second-order valence-corrected chi connectivity index (χ2v) is 7.60. The number of carbonyl (C=O) groups excluding carboxylic acids is 3. The number of aromatic hydroxyl groups is 1. The van der Waals surface area contributed by atoms with Gasteiger partial charge >= 0.3 is 6.03 Å². The SMILES string of the molecule is C=CCOc1c(Br)cc(/C=C2\C(=O)NC(=O)N(c3ccc(O)cc3)C2=O)cc1Br. The van der Waals surface area contributed by atoms with Crippen molar-refractivity contribution >= 4 is 61.5 Å². The van der Waals surface area contributed by atoms with Gasteiger partial charge in [-0.3, -0.25) is 14.9 Å². The van der Waals surface area contributed by atoms with Crippen LogP contribution in [0, 0.1) is 0 Å². The molecule has 2 aromatic rings. The molecule has 0 radical (unpaired) electrons. The van der Waals surface area contributed by atoms with E-state index in [1.807, 2.05) is 0 Å². The van der Waals surface area contributed by atoms with Crippen LogP contribution in [0.5, 0.6) is 11.5 Å². The maximum Gasteiger partial charge on any atom is 0.335 e. The maximum atomic E-state index is 12.9. The summed E-state index contributed by atoms with van der Waals surface area (Å²) in [6.45, 7) is 3.90. The van der Waals surface area contributed by atoms with Gasteiger partial charge in [-0.05, 0) is 79.9 Å². The molecule has 1 heterocycles. The van der Waals surface area contributed by atoms with E-state index in [0.717, 1.165) is 4.90 Å². The van der Waals surface area contributed by atoms with E-state index in [4.69, 9.17) is 4.74 Å². The van der Waals surface area contributed by atoms with Gasteiger partial charge in [0.05, 0.1) is 14.6 Å². The molecule has 9 heteroatoms. The average Bonchev–Trinajstić information content (AvgIpc) is 2.66. The molecule has 148 valence electrons. The molecule has 0 aliphatic carbocycles. The number of barbiturate groups is 1. The third kappa shape index (κ3) is 4.41. The van der Waals surface area contributed by atoms with Gasteiger partial charge in [-0.15, -0.1) is 0 Å². The smallest absolute Gasteiger partial charge is 0.335 e. The average molecular weight is 522 g/mol. The lowest BCUT2D eigenvalue weighted by atomic mass is 10.1. The van der Waals surface area contributed by atoms with Gasteiger partial charge in [0, 0.05) is 0 Å². The Bertz CT molecular complexity index is 1020. The van der Waals surface area contributed by atoms with Gasteiger partial charge in [-0.1, -0.05) is 12.7 Å². The summed E-state index contributed by atoms with van der Waals surface area (Å²) >= 11 is 6.79. The van der Waals surface area contributed by atoms with Gasteiger partial charge in [0.25, 0.3) is 11.8 Å². The van der Waals surface area contributed by atoms with Gasteiger partial charge in [-0.25, -0.2) is 9.69 Å². The molecule has 1 aliphatic rings. The minimum atomic E-state index is -0.863. The summed E-state index contributed by atoms with van der Waals surface area (Å²) in [6.07, 6.45) is 2.99. The number of urea groups is 1. The van der Waals surface area contributed by atoms with Crippen LogP contribution in [0.2, 0.25) is 0 Å². The number of amides is 4. The van der Waals surface area contributed by atoms with E-state index >= 15 is 0 Å². The highest BCUT2D eigenvalue weighted by Gasteiger charge is 2.36. The number of phenolic OH excluding ortho intramolecular Hbond substituents is 1. The Morgan fingerprint density at radius 3 is 2.31 bits per heavy atom. The van der Waals surface area contributed by atoms with Crippen molar-refractivity contribution in [3.63, 3.8) is 0 Å². The molecule has 4 amide bonds. The van der Waals surface area contributed by atoms with E-state index in [1.165, 1.54) is 30.3 Å². The van der Waals surface area contributed by atoms with Crippen LogP contribution in [0.3, 0.4) is 0 Å². The largest absolute Gasteiger partial charge is 0.508 e. The number of ether oxygens (including phenoxy) is 1. The number of rotatable bonds is 5. The van der Waals surface area contributed by atoms with E-state index in [-0.39, 0.29) is 17.0 Å². The van der Waals surface area contributed by atoms with Crippen molar-refractivity contribution in [3.05, 3.63) is 69.1 Å². The Labute approximate surface area is 182 Å². The number of benzene rings is 2. The number of nitrogens with zero attached hydrogens (tertiary/aromatic N) is 1. The van der Waals surface area contributed by atoms with Gasteiger partial charge in [0.15, 0.2) is 0 Å². The monoisotopic (exact) mass is 520 g/mol. The van der Waals surface area contributed by atoms with Crippen molar-refractivity contribution < 1.29 is 24.2 Å². The number of nitrogens with one attached hydrogen (secondary N) is 1. The molecule has 0 bridgehead atoms. The Morgan fingerprint density at radius 2 is 1.72 bits per heavy atom. The molecule has 1 aliphatic heterocycles. The topological polar surface area (TPSA) is 95.9 Å². The highest BCUT2D eigenvalue weighted by Crippen LogP contribution is 2.35. The summed E-state index contributed by atoms with van der Waals surface area (Å²) in [5, 5.41) is 11.6. The normalized spacial score (nSPS) is 15.4. The van der Waals surface area contributed by atoms with Gasteiger partial charge in [-0.2, -0.15) is 0 Å². The van der Waals surface area contributed by atoms with Crippen molar-refractivity contribution in [3.8, 4) is 11.5 Å². The minimum Gasteiger partial charge on any atom is -0.508 e. The van der Waals surface area contributed by atoms with E-state index in [0.29, 0.717) is 26.9 Å². The lowest BCUT2D eigenvalue weighted by Gasteiger charge is -2.26. The number of anilines is 1. The highest BCUT2D eigenvalue weighted by molar-refractivity contribution is 9.11. The van der Waals surface area contributed by atoms with Crippen LogP contribution >= 0.6 is 31.9 Å². The quantitative estimate of drug-likeness (QED) is 0.350. The Morgan fingerprint density at radius 1 is 1.10 bits per heavy atom. The number of hydrogen-bond donors (Lipinski definition) is 2. The predicted molar refractivity (Wildman–Crippen MR) is 115 cm³/mol. The van der Waals surface area contributed by atoms with E-state index in [2.05, 4.69) is 43.8 Å². The van der Waals surface area contributed by atoms with Gasteiger partial charge < -0.3 is 9.84 Å². The Hall–Kier alpha value is -2.91. The zero-order valence-corrected chi connectivity index (χ0v) is 18.0. The van der Waals surface area contributed by atoms with Gasteiger partial charge in [0.1, 0.15) is 23.7 Å². The molecule has 1 saturated heterocycles. The number of hydrogen-bond acceptors (Lipinski definition) is 5. The zero-order valence-electron chi connectivity index (χ0n) is 14.8. The number of phenols is 1. The third-order valence-corrected chi connectivity index (χ3v) is 5.06. The zero-order chi connectivity index (χ0) is 21.1. The van der Waals surface area contributed by atoms with Crippen LogP contribution in [0.4, 0.5) is 10.5 Å². The summed E-state index contributed by atoms with van der Waals surface area (Å²) in [7, 11) is 0. The van der Waals surface area contributed by atoms with Crippen LogP contribution in [0.15, 0.2) is 63.6 Å². The molecule has 0 aromatic heterocycles. The van der Waals surface area contributed by atoms with E-state index in [1.54, 1.807) is 18.2 Å². The second kappa shape index (κ2) is 8.62. The Balaban J connectivity index is 1.98. The molecule has 3 rings (SSSR count). The predicted octanol–water partition coefficient (Wildman–Crippen LogP) is 4.15. The van der Waals surface area contributed by atoms with Crippen LogP contribution in [-0.2, 0) is 9.59 Å². The van der Waals surface area contributed by atoms with Crippen molar-refractivity contribution in [2.75, 3.05) is 11.5 Å². The molecule has 0 unspecified atom stereocenters.